The van der Waals surface area contributed by atoms with Crippen LogP contribution >= 0.6 is 11.3 Å². The molecule has 1 aliphatic rings. The van der Waals surface area contributed by atoms with E-state index in [4.69, 9.17) is 0 Å². The van der Waals surface area contributed by atoms with Crippen molar-refractivity contribution >= 4 is 33.1 Å². The van der Waals surface area contributed by atoms with Crippen LogP contribution in [0.4, 0.5) is 0 Å². The average Bonchev–Trinajstić information content (AvgIpc) is 2.75. The van der Waals surface area contributed by atoms with Gasteiger partial charge in [-0.3, -0.25) is 9.59 Å². The number of carbonyl (C=O) groups is 2. The number of Topliss-reactive ketones (excluding diaryl/α,β-unsaturated/α-hetero) is 1. The van der Waals surface area contributed by atoms with Crippen molar-refractivity contribution in [2.24, 2.45) is 0 Å². The highest BCUT2D eigenvalue weighted by atomic mass is 32.2. The summed E-state index contributed by atoms with van der Waals surface area (Å²) in [4.78, 5) is 27.7. The molecule has 1 aromatic heterocycles. The summed E-state index contributed by atoms with van der Waals surface area (Å²) in [5.41, 5.74) is 0. The maximum atomic E-state index is 12.3. The van der Waals surface area contributed by atoms with Gasteiger partial charge >= 0.3 is 0 Å². The Labute approximate surface area is 141 Å². The zero-order valence-electron chi connectivity index (χ0n) is 13.4. The Morgan fingerprint density at radius 2 is 1.87 bits per heavy atom. The molecule has 0 saturated carbocycles. The molecule has 1 fully saturated rings. The van der Waals surface area contributed by atoms with Crippen molar-refractivity contribution in [3.05, 3.63) is 21.9 Å². The van der Waals surface area contributed by atoms with E-state index in [9.17, 15) is 18.0 Å². The molecule has 0 bridgehead atoms. The standard InChI is InChI=1S/C15H22N2O4S2/c1-12-4-6-14(22-12)13(18)5-7-15(19)16-8-3-9-17(11-10-16)23(2,20)21/h4,6H,3,5,7-11H2,1-2H3. The van der Waals surface area contributed by atoms with Crippen LogP contribution in [0.25, 0.3) is 0 Å². The van der Waals surface area contributed by atoms with E-state index in [2.05, 4.69) is 0 Å². The molecule has 1 aromatic rings. The number of hydrogen-bond donors (Lipinski definition) is 0. The number of carbonyl (C=O) groups excluding carboxylic acids is 2. The van der Waals surface area contributed by atoms with E-state index in [0.29, 0.717) is 37.5 Å². The third kappa shape index (κ3) is 5.12. The largest absolute Gasteiger partial charge is 0.341 e. The van der Waals surface area contributed by atoms with Gasteiger partial charge in [0.2, 0.25) is 15.9 Å². The summed E-state index contributed by atoms with van der Waals surface area (Å²) in [6.07, 6.45) is 2.18. The fourth-order valence-corrected chi connectivity index (χ4v) is 4.27. The van der Waals surface area contributed by atoms with Gasteiger partial charge in [0.1, 0.15) is 0 Å². The van der Waals surface area contributed by atoms with Crippen LogP contribution in [0.5, 0.6) is 0 Å². The molecule has 0 aliphatic carbocycles. The van der Waals surface area contributed by atoms with Crippen LogP contribution in [0.15, 0.2) is 12.1 Å². The molecule has 0 unspecified atom stereocenters. The molecule has 0 atom stereocenters. The Morgan fingerprint density at radius 1 is 1.13 bits per heavy atom. The third-order valence-electron chi connectivity index (χ3n) is 3.86. The quantitative estimate of drug-likeness (QED) is 0.748. The van der Waals surface area contributed by atoms with Gasteiger partial charge in [0.25, 0.3) is 0 Å². The van der Waals surface area contributed by atoms with Gasteiger partial charge in [-0.1, -0.05) is 0 Å². The number of thiophene rings is 1. The van der Waals surface area contributed by atoms with Gasteiger partial charge in [-0.25, -0.2) is 12.7 Å². The minimum atomic E-state index is -3.22. The Kier molecular flexibility index (Phi) is 5.94. The number of hydrogen-bond acceptors (Lipinski definition) is 5. The highest BCUT2D eigenvalue weighted by Crippen LogP contribution is 2.18. The van der Waals surface area contributed by atoms with E-state index in [1.807, 2.05) is 13.0 Å². The summed E-state index contributed by atoms with van der Waals surface area (Å²) in [7, 11) is -3.22. The lowest BCUT2D eigenvalue weighted by Gasteiger charge is -2.20. The van der Waals surface area contributed by atoms with E-state index in [1.165, 1.54) is 21.9 Å². The first kappa shape index (κ1) is 18.1. The number of rotatable bonds is 5. The molecule has 8 heteroatoms. The fraction of sp³-hybridized carbons (Fsp3) is 0.600. The highest BCUT2D eigenvalue weighted by molar-refractivity contribution is 7.88. The second kappa shape index (κ2) is 7.55. The number of ketones is 1. The van der Waals surface area contributed by atoms with Crippen molar-refractivity contribution in [3.63, 3.8) is 0 Å². The SMILES string of the molecule is Cc1ccc(C(=O)CCC(=O)N2CCCN(S(C)(=O)=O)CC2)s1. The van der Waals surface area contributed by atoms with Crippen molar-refractivity contribution in [1.29, 1.82) is 0 Å². The van der Waals surface area contributed by atoms with Crippen LogP contribution in [-0.4, -0.2) is 61.7 Å². The molecule has 1 saturated heterocycles. The summed E-state index contributed by atoms with van der Waals surface area (Å²) >= 11 is 1.44. The molecule has 2 rings (SSSR count). The van der Waals surface area contributed by atoms with E-state index in [1.54, 1.807) is 11.0 Å². The van der Waals surface area contributed by atoms with Crippen molar-refractivity contribution in [2.75, 3.05) is 32.4 Å². The van der Waals surface area contributed by atoms with Crippen LogP contribution in [0.1, 0.15) is 33.8 Å². The second-order valence-corrected chi connectivity index (χ2v) is 9.00. The molecule has 23 heavy (non-hydrogen) atoms. The van der Waals surface area contributed by atoms with Crippen molar-refractivity contribution in [3.8, 4) is 0 Å². The Balaban J connectivity index is 1.85. The normalized spacial score (nSPS) is 17.0. The molecule has 6 nitrogen and oxygen atoms in total. The lowest BCUT2D eigenvalue weighted by molar-refractivity contribution is -0.131. The summed E-state index contributed by atoms with van der Waals surface area (Å²) in [6, 6.07) is 3.69. The zero-order chi connectivity index (χ0) is 17.0. The Morgan fingerprint density at radius 3 is 2.48 bits per heavy atom. The Bertz CT molecular complexity index is 681. The lowest BCUT2D eigenvalue weighted by Crippen LogP contribution is -2.37. The smallest absolute Gasteiger partial charge is 0.223 e. The summed E-state index contributed by atoms with van der Waals surface area (Å²) in [5, 5.41) is 0. The molecule has 0 N–H and O–H groups in total. The summed E-state index contributed by atoms with van der Waals surface area (Å²) < 4.78 is 24.5. The summed E-state index contributed by atoms with van der Waals surface area (Å²) in [5.74, 6) is -0.0917. The van der Waals surface area contributed by atoms with Gasteiger partial charge < -0.3 is 4.90 Å². The van der Waals surface area contributed by atoms with Crippen LogP contribution in [0.2, 0.25) is 0 Å². The maximum absolute atomic E-state index is 12.3. The monoisotopic (exact) mass is 358 g/mol. The van der Waals surface area contributed by atoms with Crippen molar-refractivity contribution in [2.45, 2.75) is 26.2 Å². The zero-order valence-corrected chi connectivity index (χ0v) is 15.1. The molecule has 0 aromatic carbocycles. The van der Waals surface area contributed by atoms with Crippen LogP contribution < -0.4 is 0 Å². The first-order chi connectivity index (χ1) is 10.8. The van der Waals surface area contributed by atoms with Crippen LogP contribution in [0.3, 0.4) is 0 Å². The molecular formula is C15H22N2O4S2. The fourth-order valence-electron chi connectivity index (χ4n) is 2.56. The number of sulfonamides is 1. The molecule has 0 spiro atoms. The third-order valence-corrected chi connectivity index (χ3v) is 6.20. The van der Waals surface area contributed by atoms with Crippen LogP contribution in [-0.2, 0) is 14.8 Å². The van der Waals surface area contributed by atoms with Gasteiger partial charge in [0.15, 0.2) is 5.78 Å². The average molecular weight is 358 g/mol. The minimum absolute atomic E-state index is 0.0102. The van der Waals surface area contributed by atoms with Gasteiger partial charge in [-0.05, 0) is 25.5 Å². The topological polar surface area (TPSA) is 74.8 Å². The van der Waals surface area contributed by atoms with Crippen molar-refractivity contribution in [1.82, 2.24) is 9.21 Å². The van der Waals surface area contributed by atoms with E-state index in [-0.39, 0.29) is 24.5 Å². The van der Waals surface area contributed by atoms with Gasteiger partial charge in [-0.15, -0.1) is 11.3 Å². The Hall–Kier alpha value is -1.25. The van der Waals surface area contributed by atoms with E-state index < -0.39 is 10.0 Å². The first-order valence-corrected chi connectivity index (χ1v) is 10.3. The molecule has 0 radical (unpaired) electrons. The lowest BCUT2D eigenvalue weighted by atomic mass is 10.1. The van der Waals surface area contributed by atoms with Gasteiger partial charge in [0, 0.05) is 43.9 Å². The number of nitrogens with zero attached hydrogens (tertiary/aromatic N) is 2. The number of amides is 1. The first-order valence-electron chi connectivity index (χ1n) is 7.60. The van der Waals surface area contributed by atoms with E-state index >= 15 is 0 Å². The van der Waals surface area contributed by atoms with Crippen LogP contribution in [0, 0.1) is 6.92 Å². The predicted molar refractivity (Wildman–Crippen MR) is 90.2 cm³/mol. The highest BCUT2D eigenvalue weighted by Gasteiger charge is 2.24. The predicted octanol–water partition coefficient (Wildman–Crippen LogP) is 1.51. The molecule has 1 aliphatic heterocycles. The van der Waals surface area contributed by atoms with E-state index in [0.717, 1.165) is 4.88 Å². The second-order valence-electron chi connectivity index (χ2n) is 5.73. The van der Waals surface area contributed by atoms with Gasteiger partial charge in [-0.2, -0.15) is 0 Å². The van der Waals surface area contributed by atoms with Crippen molar-refractivity contribution < 1.29 is 18.0 Å². The number of aryl methyl sites for hydroxylation is 1. The molecule has 2 heterocycles. The minimum Gasteiger partial charge on any atom is -0.341 e. The van der Waals surface area contributed by atoms with Gasteiger partial charge in [0.05, 0.1) is 11.1 Å². The summed E-state index contributed by atoms with van der Waals surface area (Å²) in [6.45, 7) is 3.63. The molecule has 128 valence electrons. The molecular weight excluding hydrogens is 336 g/mol. The molecule has 1 amide bonds. The maximum Gasteiger partial charge on any atom is 0.223 e.